The van der Waals surface area contributed by atoms with E-state index in [2.05, 4.69) is 24.3 Å². The zero-order valence-corrected chi connectivity index (χ0v) is 12.1. The van der Waals surface area contributed by atoms with Gasteiger partial charge in [-0.25, -0.2) is 0 Å². The Labute approximate surface area is 118 Å². The highest BCUT2D eigenvalue weighted by Crippen LogP contribution is 2.21. The predicted octanol–water partition coefficient (Wildman–Crippen LogP) is 1.40. The fourth-order valence-electron chi connectivity index (χ4n) is 3.03. The van der Waals surface area contributed by atoms with Crippen molar-refractivity contribution in [2.75, 3.05) is 13.1 Å². The summed E-state index contributed by atoms with van der Waals surface area (Å²) in [6, 6.07) is 8.25. The molecule has 1 aromatic carbocycles. The van der Waals surface area contributed by atoms with Gasteiger partial charge in [-0.2, -0.15) is 5.10 Å². The van der Waals surface area contributed by atoms with E-state index in [1.54, 1.807) is 4.68 Å². The fourth-order valence-corrected chi connectivity index (χ4v) is 3.03. The Hall–Kier alpha value is -1.88. The summed E-state index contributed by atoms with van der Waals surface area (Å²) in [5.74, 6) is 0.0308. The number of nitrogens with zero attached hydrogens (tertiary/aromatic N) is 3. The summed E-state index contributed by atoms with van der Waals surface area (Å²) < 4.78 is 1.78. The molecular weight excluding hydrogens is 252 g/mol. The van der Waals surface area contributed by atoms with Gasteiger partial charge in [-0.15, -0.1) is 0 Å². The molecule has 20 heavy (non-hydrogen) atoms. The van der Waals surface area contributed by atoms with E-state index in [-0.39, 0.29) is 18.0 Å². The minimum absolute atomic E-state index is 0.0308. The zero-order valence-electron chi connectivity index (χ0n) is 12.1. The van der Waals surface area contributed by atoms with Gasteiger partial charge in [0.05, 0.1) is 5.52 Å². The molecule has 106 valence electrons. The molecule has 1 N–H and O–H groups in total. The standard InChI is InChI=1S/C15H20N4O/c1-10-8-16-9-11(2)19(10)15(20)14-12-6-4-5-7-13(12)18(3)17-14/h4-7,10-11,16H,8-9H2,1-3H3. The SMILES string of the molecule is CC1CNCC(C)N1C(=O)c1nn(C)c2ccccc12. The van der Waals surface area contributed by atoms with Crippen LogP contribution in [0.3, 0.4) is 0 Å². The quantitative estimate of drug-likeness (QED) is 0.853. The summed E-state index contributed by atoms with van der Waals surface area (Å²) in [5.41, 5.74) is 1.55. The fraction of sp³-hybridized carbons (Fsp3) is 0.467. The van der Waals surface area contributed by atoms with Gasteiger partial charge in [0.25, 0.3) is 5.91 Å². The van der Waals surface area contributed by atoms with E-state index in [9.17, 15) is 4.79 Å². The van der Waals surface area contributed by atoms with E-state index in [1.165, 1.54) is 0 Å². The Kier molecular flexibility index (Phi) is 3.22. The van der Waals surface area contributed by atoms with Gasteiger partial charge < -0.3 is 10.2 Å². The molecule has 0 aliphatic carbocycles. The number of hydrogen-bond donors (Lipinski definition) is 1. The monoisotopic (exact) mass is 272 g/mol. The molecule has 1 aliphatic heterocycles. The lowest BCUT2D eigenvalue weighted by atomic mass is 10.1. The number of carbonyl (C=O) groups is 1. The van der Waals surface area contributed by atoms with Gasteiger partial charge in [0.1, 0.15) is 0 Å². The van der Waals surface area contributed by atoms with Crippen LogP contribution >= 0.6 is 0 Å². The highest BCUT2D eigenvalue weighted by molar-refractivity contribution is 6.05. The molecule has 1 aromatic heterocycles. The zero-order chi connectivity index (χ0) is 14.3. The molecule has 2 heterocycles. The first-order chi connectivity index (χ1) is 9.59. The number of nitrogens with one attached hydrogen (secondary N) is 1. The largest absolute Gasteiger partial charge is 0.329 e. The van der Waals surface area contributed by atoms with E-state index in [1.807, 2.05) is 36.2 Å². The lowest BCUT2D eigenvalue weighted by molar-refractivity contribution is 0.0539. The van der Waals surface area contributed by atoms with Crippen molar-refractivity contribution in [3.05, 3.63) is 30.0 Å². The number of carbonyl (C=O) groups excluding carboxylic acids is 1. The van der Waals surface area contributed by atoms with Crippen LogP contribution in [-0.4, -0.2) is 45.8 Å². The Morgan fingerprint density at radius 2 is 1.90 bits per heavy atom. The molecule has 1 amide bonds. The van der Waals surface area contributed by atoms with Crippen LogP contribution in [0.5, 0.6) is 0 Å². The van der Waals surface area contributed by atoms with Crippen molar-refractivity contribution in [1.29, 1.82) is 0 Å². The number of aryl methyl sites for hydroxylation is 1. The highest BCUT2D eigenvalue weighted by Gasteiger charge is 2.31. The molecule has 0 bridgehead atoms. The third kappa shape index (κ3) is 1.98. The molecule has 5 heteroatoms. The van der Waals surface area contributed by atoms with Crippen molar-refractivity contribution >= 4 is 16.8 Å². The average Bonchev–Trinajstić information content (AvgIpc) is 2.76. The number of aromatic nitrogens is 2. The molecule has 0 spiro atoms. The van der Waals surface area contributed by atoms with Crippen LogP contribution in [0.4, 0.5) is 0 Å². The van der Waals surface area contributed by atoms with E-state index in [4.69, 9.17) is 0 Å². The molecule has 2 aromatic rings. The van der Waals surface area contributed by atoms with E-state index >= 15 is 0 Å². The van der Waals surface area contributed by atoms with Crippen molar-refractivity contribution < 1.29 is 4.79 Å². The Balaban J connectivity index is 2.04. The molecule has 1 saturated heterocycles. The predicted molar refractivity (Wildman–Crippen MR) is 78.7 cm³/mol. The van der Waals surface area contributed by atoms with Crippen molar-refractivity contribution in [2.45, 2.75) is 25.9 Å². The van der Waals surface area contributed by atoms with Gasteiger partial charge in [-0.3, -0.25) is 9.48 Å². The topological polar surface area (TPSA) is 50.2 Å². The maximum absolute atomic E-state index is 12.9. The van der Waals surface area contributed by atoms with Crippen LogP contribution in [0, 0.1) is 0 Å². The Bertz CT molecular complexity index is 638. The average molecular weight is 272 g/mol. The molecule has 1 fully saturated rings. The molecule has 1 aliphatic rings. The number of para-hydroxylation sites is 1. The molecule has 0 saturated carbocycles. The van der Waals surface area contributed by atoms with E-state index in [0.717, 1.165) is 24.0 Å². The van der Waals surface area contributed by atoms with Crippen LogP contribution in [0.25, 0.3) is 10.9 Å². The summed E-state index contributed by atoms with van der Waals surface area (Å²) in [6.45, 7) is 5.82. The van der Waals surface area contributed by atoms with Crippen LogP contribution < -0.4 is 5.32 Å². The van der Waals surface area contributed by atoms with Crippen LogP contribution in [0.15, 0.2) is 24.3 Å². The molecule has 2 atom stereocenters. The number of fused-ring (bicyclic) bond motifs is 1. The lowest BCUT2D eigenvalue weighted by Gasteiger charge is -2.39. The summed E-state index contributed by atoms with van der Waals surface area (Å²) >= 11 is 0. The van der Waals surface area contributed by atoms with Crippen molar-refractivity contribution in [3.63, 3.8) is 0 Å². The maximum atomic E-state index is 12.9. The normalized spacial score (nSPS) is 23.2. The van der Waals surface area contributed by atoms with E-state index < -0.39 is 0 Å². The van der Waals surface area contributed by atoms with Crippen LogP contribution in [0.1, 0.15) is 24.3 Å². The molecular formula is C15H20N4O. The summed E-state index contributed by atoms with van der Waals surface area (Å²) in [6.07, 6.45) is 0. The molecule has 2 unspecified atom stereocenters. The van der Waals surface area contributed by atoms with Crippen molar-refractivity contribution in [2.24, 2.45) is 7.05 Å². The lowest BCUT2D eigenvalue weighted by Crippen LogP contribution is -2.57. The Morgan fingerprint density at radius 1 is 1.25 bits per heavy atom. The van der Waals surface area contributed by atoms with Gasteiger partial charge in [0.15, 0.2) is 5.69 Å². The number of rotatable bonds is 1. The summed E-state index contributed by atoms with van der Waals surface area (Å²) in [7, 11) is 1.88. The summed E-state index contributed by atoms with van der Waals surface area (Å²) in [5, 5.41) is 8.71. The van der Waals surface area contributed by atoms with E-state index in [0.29, 0.717) is 5.69 Å². The van der Waals surface area contributed by atoms with Crippen molar-refractivity contribution in [1.82, 2.24) is 20.0 Å². The first-order valence-electron chi connectivity index (χ1n) is 7.04. The van der Waals surface area contributed by atoms with Gasteiger partial charge in [0, 0.05) is 37.6 Å². The number of hydrogen-bond acceptors (Lipinski definition) is 3. The third-order valence-electron chi connectivity index (χ3n) is 4.02. The van der Waals surface area contributed by atoms with Gasteiger partial charge in [-0.05, 0) is 19.9 Å². The van der Waals surface area contributed by atoms with Gasteiger partial charge >= 0.3 is 0 Å². The number of benzene rings is 1. The first kappa shape index (κ1) is 13.1. The number of amides is 1. The second-order valence-electron chi connectivity index (χ2n) is 5.56. The first-order valence-corrected chi connectivity index (χ1v) is 7.04. The van der Waals surface area contributed by atoms with Gasteiger partial charge in [0.2, 0.25) is 0 Å². The third-order valence-corrected chi connectivity index (χ3v) is 4.02. The van der Waals surface area contributed by atoms with Crippen LogP contribution in [0.2, 0.25) is 0 Å². The second-order valence-corrected chi connectivity index (χ2v) is 5.56. The smallest absolute Gasteiger partial charge is 0.275 e. The minimum Gasteiger partial charge on any atom is -0.329 e. The maximum Gasteiger partial charge on any atom is 0.275 e. The molecule has 3 rings (SSSR count). The molecule has 0 radical (unpaired) electrons. The number of piperazine rings is 1. The Morgan fingerprint density at radius 3 is 2.60 bits per heavy atom. The molecule has 5 nitrogen and oxygen atoms in total. The van der Waals surface area contributed by atoms with Crippen molar-refractivity contribution in [3.8, 4) is 0 Å². The second kappa shape index (κ2) is 4.90. The summed E-state index contributed by atoms with van der Waals surface area (Å²) in [4.78, 5) is 14.8. The highest BCUT2D eigenvalue weighted by atomic mass is 16.2. The van der Waals surface area contributed by atoms with Gasteiger partial charge in [-0.1, -0.05) is 18.2 Å². The minimum atomic E-state index is 0.0308. The van der Waals surface area contributed by atoms with Crippen LogP contribution in [-0.2, 0) is 7.05 Å².